The molecule has 2 aromatic carbocycles. The van der Waals surface area contributed by atoms with Crippen molar-refractivity contribution in [2.75, 3.05) is 19.0 Å². The molecule has 24 heavy (non-hydrogen) atoms. The van der Waals surface area contributed by atoms with Crippen molar-refractivity contribution < 1.29 is 17.9 Å². The maximum absolute atomic E-state index is 12.5. The van der Waals surface area contributed by atoms with E-state index >= 15 is 0 Å². The fraction of sp³-hybridized carbons (Fsp3) is 0.235. The van der Waals surface area contributed by atoms with E-state index in [4.69, 9.17) is 4.74 Å². The molecule has 0 aromatic heterocycles. The number of benzene rings is 2. The maximum Gasteiger partial charge on any atom is 0.255 e. The molecule has 1 amide bonds. The molecule has 0 bridgehead atoms. The lowest BCUT2D eigenvalue weighted by Crippen LogP contribution is -2.24. The van der Waals surface area contributed by atoms with Gasteiger partial charge in [0.25, 0.3) is 5.91 Å². The van der Waals surface area contributed by atoms with E-state index in [-0.39, 0.29) is 17.3 Å². The van der Waals surface area contributed by atoms with Crippen molar-refractivity contribution in [3.8, 4) is 5.75 Å². The molecule has 6 nitrogen and oxygen atoms in total. The van der Waals surface area contributed by atoms with Crippen molar-refractivity contribution in [2.24, 2.45) is 0 Å². The van der Waals surface area contributed by atoms with Gasteiger partial charge < -0.3 is 10.1 Å². The molecule has 0 unspecified atom stereocenters. The van der Waals surface area contributed by atoms with E-state index in [1.54, 1.807) is 51.3 Å². The topological polar surface area (TPSA) is 84.5 Å². The van der Waals surface area contributed by atoms with E-state index in [0.29, 0.717) is 22.6 Å². The van der Waals surface area contributed by atoms with Crippen LogP contribution >= 0.6 is 0 Å². The second-order valence-corrected chi connectivity index (χ2v) is 6.93. The van der Waals surface area contributed by atoms with Crippen LogP contribution in [0, 0.1) is 6.92 Å². The number of nitrogens with one attached hydrogen (secondary N) is 2. The summed E-state index contributed by atoms with van der Waals surface area (Å²) in [4.78, 5) is 12.6. The number of carbonyl (C=O) groups is 1. The standard InChI is InChI=1S/C17H20N2O4S/c1-4-18-24(21,22)15-9-8-12(2)16(11-15)17(20)19-13-6-5-7-14(10-13)23-3/h5-11,18H,4H2,1-3H3,(H,19,20). The number of carbonyl (C=O) groups excluding carboxylic acids is 1. The van der Waals surface area contributed by atoms with E-state index in [2.05, 4.69) is 10.0 Å². The first-order valence-corrected chi connectivity index (χ1v) is 8.91. The van der Waals surface area contributed by atoms with Gasteiger partial charge in [0.2, 0.25) is 10.0 Å². The number of hydrogen-bond acceptors (Lipinski definition) is 4. The van der Waals surface area contributed by atoms with Crippen LogP contribution in [0.4, 0.5) is 5.69 Å². The smallest absolute Gasteiger partial charge is 0.255 e. The average molecular weight is 348 g/mol. The van der Waals surface area contributed by atoms with Gasteiger partial charge in [0.1, 0.15) is 5.75 Å². The summed E-state index contributed by atoms with van der Waals surface area (Å²) in [6, 6.07) is 11.4. The van der Waals surface area contributed by atoms with Gasteiger partial charge in [-0.3, -0.25) is 4.79 Å². The SMILES string of the molecule is CCNS(=O)(=O)c1ccc(C)c(C(=O)Nc2cccc(OC)c2)c1. The highest BCUT2D eigenvalue weighted by atomic mass is 32.2. The highest BCUT2D eigenvalue weighted by molar-refractivity contribution is 7.89. The third-order valence-electron chi connectivity index (χ3n) is 3.43. The summed E-state index contributed by atoms with van der Waals surface area (Å²) in [6.45, 7) is 3.73. The number of rotatable bonds is 6. The van der Waals surface area contributed by atoms with Gasteiger partial charge in [-0.15, -0.1) is 0 Å². The van der Waals surface area contributed by atoms with Crippen LogP contribution in [0.2, 0.25) is 0 Å². The van der Waals surface area contributed by atoms with Crippen LogP contribution in [0.25, 0.3) is 0 Å². The van der Waals surface area contributed by atoms with Gasteiger partial charge in [0, 0.05) is 23.9 Å². The first kappa shape index (κ1) is 18.0. The van der Waals surface area contributed by atoms with Gasteiger partial charge in [0.15, 0.2) is 0 Å². The highest BCUT2D eigenvalue weighted by Crippen LogP contribution is 2.20. The summed E-state index contributed by atoms with van der Waals surface area (Å²) >= 11 is 0. The summed E-state index contributed by atoms with van der Waals surface area (Å²) in [5, 5.41) is 2.75. The minimum atomic E-state index is -3.62. The van der Waals surface area contributed by atoms with E-state index in [1.165, 1.54) is 12.1 Å². The fourth-order valence-electron chi connectivity index (χ4n) is 2.19. The molecule has 2 N–H and O–H groups in total. The highest BCUT2D eigenvalue weighted by Gasteiger charge is 2.17. The first-order chi connectivity index (χ1) is 11.4. The zero-order valence-electron chi connectivity index (χ0n) is 13.8. The third kappa shape index (κ3) is 4.12. The second-order valence-electron chi connectivity index (χ2n) is 5.16. The summed E-state index contributed by atoms with van der Waals surface area (Å²) < 4.78 is 31.7. The zero-order chi connectivity index (χ0) is 17.7. The Morgan fingerprint density at radius 3 is 2.58 bits per heavy atom. The Hall–Kier alpha value is -2.38. The fourth-order valence-corrected chi connectivity index (χ4v) is 3.25. The van der Waals surface area contributed by atoms with Crippen molar-refractivity contribution in [2.45, 2.75) is 18.7 Å². The molecule has 0 aliphatic carbocycles. The Morgan fingerprint density at radius 1 is 1.17 bits per heavy atom. The molecule has 2 rings (SSSR count). The summed E-state index contributed by atoms with van der Waals surface area (Å²) in [5.41, 5.74) is 1.56. The lowest BCUT2D eigenvalue weighted by molar-refractivity contribution is 0.102. The molecular formula is C17H20N2O4S. The number of aryl methyl sites for hydroxylation is 1. The molecular weight excluding hydrogens is 328 g/mol. The Balaban J connectivity index is 2.32. The molecule has 0 aliphatic heterocycles. The molecule has 2 aromatic rings. The number of sulfonamides is 1. The van der Waals surface area contributed by atoms with Crippen LogP contribution in [-0.2, 0) is 10.0 Å². The number of methoxy groups -OCH3 is 1. The van der Waals surface area contributed by atoms with Gasteiger partial charge in [-0.05, 0) is 36.8 Å². The molecule has 0 saturated heterocycles. The van der Waals surface area contributed by atoms with Gasteiger partial charge >= 0.3 is 0 Å². The molecule has 0 aliphatic rings. The Labute approximate surface area is 141 Å². The number of hydrogen-bond donors (Lipinski definition) is 2. The summed E-state index contributed by atoms with van der Waals surface area (Å²) in [7, 11) is -2.07. The molecule has 0 fully saturated rings. The van der Waals surface area contributed by atoms with Crippen molar-refractivity contribution in [1.29, 1.82) is 0 Å². The van der Waals surface area contributed by atoms with Crippen molar-refractivity contribution in [3.05, 3.63) is 53.6 Å². The van der Waals surface area contributed by atoms with Crippen LogP contribution in [0.5, 0.6) is 5.75 Å². The second kappa shape index (κ2) is 7.46. The summed E-state index contributed by atoms with van der Waals surface area (Å²) in [6.07, 6.45) is 0. The lowest BCUT2D eigenvalue weighted by atomic mass is 10.1. The first-order valence-electron chi connectivity index (χ1n) is 7.43. The maximum atomic E-state index is 12.5. The Morgan fingerprint density at radius 2 is 1.92 bits per heavy atom. The Bertz CT molecular complexity index is 847. The molecule has 0 heterocycles. The molecule has 0 atom stereocenters. The lowest BCUT2D eigenvalue weighted by Gasteiger charge is -2.11. The molecule has 0 saturated carbocycles. The van der Waals surface area contributed by atoms with Crippen LogP contribution in [0.3, 0.4) is 0 Å². The van der Waals surface area contributed by atoms with Crippen LogP contribution in [-0.4, -0.2) is 28.0 Å². The van der Waals surface area contributed by atoms with E-state index in [1.807, 2.05) is 0 Å². The normalized spacial score (nSPS) is 11.1. The van der Waals surface area contributed by atoms with E-state index in [0.717, 1.165) is 0 Å². The zero-order valence-corrected chi connectivity index (χ0v) is 14.6. The number of amides is 1. The third-order valence-corrected chi connectivity index (χ3v) is 4.97. The van der Waals surface area contributed by atoms with Crippen molar-refractivity contribution in [3.63, 3.8) is 0 Å². The number of ether oxygens (including phenoxy) is 1. The van der Waals surface area contributed by atoms with Crippen LogP contribution in [0.1, 0.15) is 22.8 Å². The molecule has 7 heteroatoms. The van der Waals surface area contributed by atoms with E-state index < -0.39 is 10.0 Å². The largest absolute Gasteiger partial charge is 0.497 e. The van der Waals surface area contributed by atoms with E-state index in [9.17, 15) is 13.2 Å². The molecule has 128 valence electrons. The molecule has 0 spiro atoms. The number of anilines is 1. The predicted octanol–water partition coefficient (Wildman–Crippen LogP) is 2.55. The van der Waals surface area contributed by atoms with Gasteiger partial charge in [-0.1, -0.05) is 19.1 Å². The van der Waals surface area contributed by atoms with Gasteiger partial charge in [-0.2, -0.15) is 0 Å². The monoisotopic (exact) mass is 348 g/mol. The van der Waals surface area contributed by atoms with Crippen LogP contribution < -0.4 is 14.8 Å². The van der Waals surface area contributed by atoms with Crippen molar-refractivity contribution in [1.82, 2.24) is 4.72 Å². The summed E-state index contributed by atoms with van der Waals surface area (Å²) in [5.74, 6) is 0.238. The predicted molar refractivity (Wildman–Crippen MR) is 93.0 cm³/mol. The van der Waals surface area contributed by atoms with Gasteiger partial charge in [-0.25, -0.2) is 13.1 Å². The van der Waals surface area contributed by atoms with Gasteiger partial charge in [0.05, 0.1) is 12.0 Å². The minimum absolute atomic E-state index is 0.0609. The van der Waals surface area contributed by atoms with Crippen LogP contribution in [0.15, 0.2) is 47.4 Å². The van der Waals surface area contributed by atoms with Crippen molar-refractivity contribution >= 4 is 21.6 Å². The Kier molecular flexibility index (Phi) is 5.58. The average Bonchev–Trinajstić information content (AvgIpc) is 2.55. The molecule has 0 radical (unpaired) electrons. The quantitative estimate of drug-likeness (QED) is 0.840. The minimum Gasteiger partial charge on any atom is -0.497 e.